The molecule has 0 spiro atoms. The highest BCUT2D eigenvalue weighted by Gasteiger charge is 2.15. The first-order valence-corrected chi connectivity index (χ1v) is 13.2. The van der Waals surface area contributed by atoms with Gasteiger partial charge in [-0.05, 0) is 42.2 Å². The summed E-state index contributed by atoms with van der Waals surface area (Å²) in [4.78, 5) is 30.1. The fourth-order valence-corrected chi connectivity index (χ4v) is 4.12. The van der Waals surface area contributed by atoms with E-state index in [0.717, 1.165) is 41.0 Å². The number of anilines is 1. The molecule has 0 saturated carbocycles. The smallest absolute Gasteiger partial charge is 0.290 e. The van der Waals surface area contributed by atoms with Crippen molar-refractivity contribution >= 4 is 41.0 Å². The number of rotatable bonds is 11. The summed E-state index contributed by atoms with van der Waals surface area (Å²) in [6.45, 7) is 2.57. The minimum atomic E-state index is -0.399. The van der Waals surface area contributed by atoms with Crippen LogP contribution in [-0.4, -0.2) is 51.5 Å². The Labute approximate surface area is 230 Å². The largest absolute Gasteiger partial charge is 0.494 e. The molecule has 0 saturated heterocycles. The number of hydrogen-bond donors (Lipinski definition) is 5. The number of nitrogens with zero attached hydrogens (tertiary/aromatic N) is 2. The van der Waals surface area contributed by atoms with E-state index in [0.29, 0.717) is 34.6 Å². The fourth-order valence-electron chi connectivity index (χ4n) is 3.72. The number of aliphatic hydroxyl groups is 1. The first-order chi connectivity index (χ1) is 19.0. The van der Waals surface area contributed by atoms with Gasteiger partial charge < -0.3 is 19.7 Å². The Morgan fingerprint density at radius 1 is 1.05 bits per heavy atom. The fraction of sp³-hybridized carbons (Fsp3) is 0.214. The van der Waals surface area contributed by atoms with Crippen LogP contribution in [0.4, 0.5) is 5.82 Å². The van der Waals surface area contributed by atoms with Crippen LogP contribution in [0, 0.1) is 0 Å². The number of amides is 1. The lowest BCUT2D eigenvalue weighted by atomic mass is 10.0. The highest BCUT2D eigenvalue weighted by molar-refractivity contribution is 8.00. The van der Waals surface area contributed by atoms with Gasteiger partial charge in [0.15, 0.2) is 0 Å². The molecule has 0 bridgehead atoms. The molecule has 4 aromatic rings. The number of fused-ring (bicyclic) bond motifs is 1. The average Bonchev–Trinajstić information content (AvgIpc) is 2.98. The summed E-state index contributed by atoms with van der Waals surface area (Å²) in [6, 6.07) is 19.5. The molecule has 6 N–H and O–H groups in total. The minimum Gasteiger partial charge on any atom is -0.494 e. The number of hydrazine groups is 1. The Bertz CT molecular complexity index is 1370. The summed E-state index contributed by atoms with van der Waals surface area (Å²) in [5.41, 5.74) is 6.95. The molecule has 4 rings (SSSR count). The number of ether oxygens (including phenoxy) is 1. The number of aliphatic hydroxyl groups excluding tert-OH is 1. The topological polar surface area (TPSA) is 160 Å². The summed E-state index contributed by atoms with van der Waals surface area (Å²) >= 11 is 1.53. The van der Waals surface area contributed by atoms with Gasteiger partial charge in [-0.15, -0.1) is 0 Å². The van der Waals surface area contributed by atoms with Gasteiger partial charge in [0.1, 0.15) is 11.6 Å². The number of aromatic nitrogens is 2. The monoisotopic (exact) mass is 549 g/mol. The average molecular weight is 550 g/mol. The molecule has 0 fully saturated rings. The summed E-state index contributed by atoms with van der Waals surface area (Å²) in [6.07, 6.45) is 3.20. The van der Waals surface area contributed by atoms with Crippen molar-refractivity contribution in [2.45, 2.75) is 19.8 Å². The molecular formula is C28H31N5O5S. The third kappa shape index (κ3) is 8.14. The Balaban J connectivity index is 0.00000134. The van der Waals surface area contributed by atoms with E-state index >= 15 is 0 Å². The van der Waals surface area contributed by atoms with Gasteiger partial charge in [0.25, 0.3) is 12.4 Å². The van der Waals surface area contributed by atoms with Crippen LogP contribution in [0.1, 0.15) is 30.1 Å². The zero-order valence-electron chi connectivity index (χ0n) is 21.5. The maximum atomic E-state index is 12.5. The second-order valence-corrected chi connectivity index (χ2v) is 9.21. The van der Waals surface area contributed by atoms with Gasteiger partial charge in [-0.25, -0.2) is 15.8 Å². The standard InChI is InChI=1S/C27H29N5O3S.CH2O2/c1-2-36-32-26-16-25-23(17-29-26)22(27(34)31-28)15-24(30-25)20-7-5-18(6-8-20)19-9-11-21(12-10-19)35-14-4-3-13-33;2-1-3/h5-12,15-17,33H,2-4,13-14,28H2,1H3,(H,29,32)(H,31,34);1H,(H,2,3). The van der Waals surface area contributed by atoms with E-state index in [1.807, 2.05) is 61.5 Å². The molecule has 0 atom stereocenters. The zero-order chi connectivity index (χ0) is 28.0. The number of nitrogens with one attached hydrogen (secondary N) is 2. The molecule has 0 unspecified atom stereocenters. The van der Waals surface area contributed by atoms with Crippen LogP contribution in [0.15, 0.2) is 66.9 Å². The van der Waals surface area contributed by atoms with Crippen molar-refractivity contribution in [3.63, 3.8) is 0 Å². The SMILES string of the molecule is CCSNc1cc2nc(-c3ccc(-c4ccc(OCCCCO)cc4)cc3)cc(C(=O)NN)c2cn1.O=CO. The highest BCUT2D eigenvalue weighted by Crippen LogP contribution is 2.29. The molecule has 0 aliphatic heterocycles. The number of unbranched alkanes of at least 4 members (excludes halogenated alkanes) is 1. The van der Waals surface area contributed by atoms with E-state index in [1.165, 1.54) is 11.9 Å². The molecule has 0 aliphatic rings. The van der Waals surface area contributed by atoms with Crippen LogP contribution in [-0.2, 0) is 4.79 Å². The third-order valence-corrected chi connectivity index (χ3v) is 6.22. The summed E-state index contributed by atoms with van der Waals surface area (Å²) in [5, 5.41) is 16.4. The van der Waals surface area contributed by atoms with Crippen molar-refractivity contribution < 1.29 is 24.5 Å². The molecule has 0 radical (unpaired) electrons. The molecule has 2 aromatic heterocycles. The van der Waals surface area contributed by atoms with Crippen LogP contribution < -0.4 is 20.7 Å². The number of benzene rings is 2. The quantitative estimate of drug-likeness (QED) is 0.0450. The van der Waals surface area contributed by atoms with Gasteiger partial charge in [0.2, 0.25) is 0 Å². The van der Waals surface area contributed by atoms with Crippen LogP contribution >= 0.6 is 11.9 Å². The van der Waals surface area contributed by atoms with Crippen LogP contribution in [0.3, 0.4) is 0 Å². The molecule has 1 amide bonds. The third-order valence-electron chi connectivity index (χ3n) is 5.58. The van der Waals surface area contributed by atoms with Crippen molar-refractivity contribution in [2.75, 3.05) is 23.7 Å². The van der Waals surface area contributed by atoms with E-state index in [-0.39, 0.29) is 13.1 Å². The van der Waals surface area contributed by atoms with E-state index < -0.39 is 5.91 Å². The van der Waals surface area contributed by atoms with Gasteiger partial charge in [-0.2, -0.15) is 0 Å². The maximum Gasteiger partial charge on any atom is 0.290 e. The minimum absolute atomic E-state index is 0.183. The van der Waals surface area contributed by atoms with Gasteiger partial charge in [0.05, 0.1) is 23.4 Å². The van der Waals surface area contributed by atoms with Gasteiger partial charge in [0, 0.05) is 35.6 Å². The molecule has 2 heterocycles. The van der Waals surface area contributed by atoms with Gasteiger partial charge in [-0.3, -0.25) is 15.0 Å². The molecule has 204 valence electrons. The Morgan fingerprint density at radius 2 is 1.69 bits per heavy atom. The van der Waals surface area contributed by atoms with Crippen molar-refractivity contribution in [1.82, 2.24) is 15.4 Å². The van der Waals surface area contributed by atoms with Gasteiger partial charge in [-0.1, -0.05) is 55.3 Å². The lowest BCUT2D eigenvalue weighted by Gasteiger charge is -2.11. The molecule has 10 nitrogen and oxygen atoms in total. The number of nitrogen functional groups attached to an aromatic ring is 1. The number of hydrogen-bond acceptors (Lipinski definition) is 9. The summed E-state index contributed by atoms with van der Waals surface area (Å²) < 4.78 is 8.89. The lowest BCUT2D eigenvalue weighted by Crippen LogP contribution is -2.30. The molecular weight excluding hydrogens is 518 g/mol. The Morgan fingerprint density at radius 3 is 2.31 bits per heavy atom. The van der Waals surface area contributed by atoms with Crippen LogP contribution in [0.25, 0.3) is 33.3 Å². The van der Waals surface area contributed by atoms with Crippen LogP contribution in [0.2, 0.25) is 0 Å². The Hall–Kier alpha value is -4.19. The van der Waals surface area contributed by atoms with E-state index in [9.17, 15) is 4.79 Å². The predicted molar refractivity (Wildman–Crippen MR) is 154 cm³/mol. The number of pyridine rings is 2. The first-order valence-electron chi connectivity index (χ1n) is 12.3. The zero-order valence-corrected chi connectivity index (χ0v) is 22.3. The molecule has 2 aromatic carbocycles. The molecule has 39 heavy (non-hydrogen) atoms. The Kier molecular flexibility index (Phi) is 11.5. The first kappa shape index (κ1) is 29.4. The predicted octanol–water partition coefficient (Wildman–Crippen LogP) is 4.50. The molecule has 0 aliphatic carbocycles. The number of carboxylic acid groups (broad SMARTS) is 1. The number of carbonyl (C=O) groups is 2. The molecule has 11 heteroatoms. The normalized spacial score (nSPS) is 10.3. The van der Waals surface area contributed by atoms with Gasteiger partial charge >= 0.3 is 0 Å². The number of carbonyl (C=O) groups excluding carboxylic acids is 1. The summed E-state index contributed by atoms with van der Waals surface area (Å²) in [7, 11) is 0. The van der Waals surface area contributed by atoms with Crippen molar-refractivity contribution in [3.05, 3.63) is 72.4 Å². The van der Waals surface area contributed by atoms with E-state index in [2.05, 4.69) is 15.1 Å². The van der Waals surface area contributed by atoms with Crippen molar-refractivity contribution in [1.29, 1.82) is 0 Å². The number of nitrogens with two attached hydrogens (primary N) is 1. The summed E-state index contributed by atoms with van der Waals surface area (Å²) in [5.74, 6) is 7.41. The second kappa shape index (κ2) is 15.3. The van der Waals surface area contributed by atoms with E-state index in [1.54, 1.807) is 12.3 Å². The second-order valence-electron chi connectivity index (χ2n) is 8.14. The van der Waals surface area contributed by atoms with Crippen molar-refractivity contribution in [2.24, 2.45) is 5.84 Å². The van der Waals surface area contributed by atoms with Crippen LogP contribution in [0.5, 0.6) is 5.75 Å². The van der Waals surface area contributed by atoms with E-state index in [4.69, 9.17) is 30.6 Å². The maximum absolute atomic E-state index is 12.5. The lowest BCUT2D eigenvalue weighted by molar-refractivity contribution is -0.122. The van der Waals surface area contributed by atoms with Crippen molar-refractivity contribution in [3.8, 4) is 28.1 Å². The highest BCUT2D eigenvalue weighted by atomic mass is 32.2.